The van der Waals surface area contributed by atoms with Gasteiger partial charge in [0.1, 0.15) is 0 Å². The topological polar surface area (TPSA) is 63.2 Å². The largest absolute Gasteiger partial charge is 0.383 e. The van der Waals surface area contributed by atoms with Crippen molar-refractivity contribution in [3.05, 3.63) is 30.1 Å². The fourth-order valence-corrected chi connectivity index (χ4v) is 1.60. The van der Waals surface area contributed by atoms with E-state index in [2.05, 4.69) is 15.6 Å². The Labute approximate surface area is 108 Å². The van der Waals surface area contributed by atoms with Gasteiger partial charge in [-0.05, 0) is 26.0 Å². The molecule has 0 spiro atoms. The van der Waals surface area contributed by atoms with Crippen molar-refractivity contribution in [2.75, 3.05) is 20.3 Å². The number of ether oxygens (including phenoxy) is 1. The maximum atomic E-state index is 11.7. The van der Waals surface area contributed by atoms with Gasteiger partial charge in [0.25, 0.3) is 0 Å². The van der Waals surface area contributed by atoms with Crippen molar-refractivity contribution in [1.82, 2.24) is 15.6 Å². The van der Waals surface area contributed by atoms with E-state index in [-0.39, 0.29) is 18.0 Å². The lowest BCUT2D eigenvalue weighted by atomic mass is 10.2. The summed E-state index contributed by atoms with van der Waals surface area (Å²) in [7, 11) is 1.61. The predicted octanol–water partition coefficient (Wildman–Crippen LogP) is 0.883. The first-order valence-corrected chi connectivity index (χ1v) is 6.08. The molecule has 2 N–H and O–H groups in total. The number of carbonyl (C=O) groups excluding carboxylic acids is 1. The molecule has 0 aliphatic rings. The van der Waals surface area contributed by atoms with Crippen LogP contribution in [0.25, 0.3) is 0 Å². The summed E-state index contributed by atoms with van der Waals surface area (Å²) in [6.45, 7) is 4.87. The van der Waals surface area contributed by atoms with Gasteiger partial charge in [-0.15, -0.1) is 0 Å². The molecule has 1 amide bonds. The van der Waals surface area contributed by atoms with E-state index in [0.717, 1.165) is 5.69 Å². The van der Waals surface area contributed by atoms with E-state index >= 15 is 0 Å². The van der Waals surface area contributed by atoms with Crippen LogP contribution in [0.2, 0.25) is 0 Å². The van der Waals surface area contributed by atoms with Crippen molar-refractivity contribution in [2.45, 2.75) is 25.9 Å². The molecule has 1 unspecified atom stereocenters. The average molecular weight is 251 g/mol. The Morgan fingerprint density at radius 1 is 1.44 bits per heavy atom. The maximum Gasteiger partial charge on any atom is 0.236 e. The molecule has 0 radical (unpaired) electrons. The molecule has 0 aliphatic carbocycles. The highest BCUT2D eigenvalue weighted by atomic mass is 16.5. The summed E-state index contributed by atoms with van der Waals surface area (Å²) >= 11 is 0. The van der Waals surface area contributed by atoms with Gasteiger partial charge in [-0.2, -0.15) is 0 Å². The Bertz CT molecular complexity index is 357. The smallest absolute Gasteiger partial charge is 0.236 e. The van der Waals surface area contributed by atoms with Crippen LogP contribution in [0.15, 0.2) is 24.4 Å². The zero-order valence-electron chi connectivity index (χ0n) is 11.1. The lowest BCUT2D eigenvalue weighted by Crippen LogP contribution is -2.44. The standard InChI is InChI=1S/C13H21N3O2/c1-10(12-6-4-5-7-14-12)16-11(2)13(17)15-8-9-18-3/h4-7,10-11,16H,8-9H2,1-3H3,(H,15,17)/t10-,11?/m0/s1. The van der Waals surface area contributed by atoms with Gasteiger partial charge in [0.05, 0.1) is 18.3 Å². The van der Waals surface area contributed by atoms with Gasteiger partial charge in [0.15, 0.2) is 0 Å². The predicted molar refractivity (Wildman–Crippen MR) is 70.1 cm³/mol. The third-order valence-electron chi connectivity index (χ3n) is 2.63. The Hall–Kier alpha value is -1.46. The summed E-state index contributed by atoms with van der Waals surface area (Å²) < 4.78 is 4.88. The van der Waals surface area contributed by atoms with E-state index in [1.54, 1.807) is 13.3 Å². The minimum atomic E-state index is -0.265. The third-order valence-corrected chi connectivity index (χ3v) is 2.63. The number of hydrogen-bond donors (Lipinski definition) is 2. The first-order valence-electron chi connectivity index (χ1n) is 6.08. The number of amides is 1. The molecule has 0 aromatic carbocycles. The van der Waals surface area contributed by atoms with Crippen molar-refractivity contribution in [2.24, 2.45) is 0 Å². The van der Waals surface area contributed by atoms with Crippen LogP contribution >= 0.6 is 0 Å². The summed E-state index contributed by atoms with van der Waals surface area (Å²) in [4.78, 5) is 16.0. The quantitative estimate of drug-likeness (QED) is 0.706. The SMILES string of the molecule is COCCNC(=O)C(C)N[C@@H](C)c1ccccn1. The molecule has 100 valence electrons. The van der Waals surface area contributed by atoms with Gasteiger partial charge in [-0.1, -0.05) is 6.07 Å². The van der Waals surface area contributed by atoms with Gasteiger partial charge in [-0.25, -0.2) is 0 Å². The Kier molecular flexibility index (Phi) is 6.32. The van der Waals surface area contributed by atoms with Crippen LogP contribution in [0.1, 0.15) is 25.6 Å². The highest BCUT2D eigenvalue weighted by molar-refractivity contribution is 5.81. The maximum absolute atomic E-state index is 11.7. The second-order valence-electron chi connectivity index (χ2n) is 4.15. The van der Waals surface area contributed by atoms with Crippen molar-refractivity contribution in [1.29, 1.82) is 0 Å². The van der Waals surface area contributed by atoms with Crippen LogP contribution in [0.5, 0.6) is 0 Å². The van der Waals surface area contributed by atoms with Gasteiger partial charge in [0.2, 0.25) is 5.91 Å². The molecule has 0 aliphatic heterocycles. The molecular formula is C13H21N3O2. The number of nitrogens with one attached hydrogen (secondary N) is 2. The van der Waals surface area contributed by atoms with E-state index in [4.69, 9.17) is 4.74 Å². The van der Waals surface area contributed by atoms with Crippen LogP contribution in [-0.2, 0) is 9.53 Å². The van der Waals surface area contributed by atoms with Crippen LogP contribution in [-0.4, -0.2) is 37.2 Å². The molecule has 18 heavy (non-hydrogen) atoms. The Morgan fingerprint density at radius 3 is 2.83 bits per heavy atom. The summed E-state index contributed by atoms with van der Waals surface area (Å²) in [5.74, 6) is -0.0326. The molecular weight excluding hydrogens is 230 g/mol. The molecule has 0 saturated heterocycles. The van der Waals surface area contributed by atoms with Gasteiger partial charge >= 0.3 is 0 Å². The summed E-state index contributed by atoms with van der Waals surface area (Å²) in [6, 6.07) is 5.52. The molecule has 5 heteroatoms. The summed E-state index contributed by atoms with van der Waals surface area (Å²) in [5.41, 5.74) is 0.925. The fourth-order valence-electron chi connectivity index (χ4n) is 1.60. The van der Waals surface area contributed by atoms with Gasteiger partial charge in [-0.3, -0.25) is 15.1 Å². The highest BCUT2D eigenvalue weighted by Crippen LogP contribution is 2.08. The van der Waals surface area contributed by atoms with E-state index in [9.17, 15) is 4.79 Å². The molecule has 2 atom stereocenters. The van der Waals surface area contributed by atoms with Crippen LogP contribution < -0.4 is 10.6 Å². The minimum Gasteiger partial charge on any atom is -0.383 e. The van der Waals surface area contributed by atoms with E-state index in [1.807, 2.05) is 32.0 Å². The second kappa shape index (κ2) is 7.79. The number of aromatic nitrogens is 1. The first kappa shape index (κ1) is 14.6. The van der Waals surface area contributed by atoms with E-state index < -0.39 is 0 Å². The monoisotopic (exact) mass is 251 g/mol. The zero-order valence-corrected chi connectivity index (χ0v) is 11.1. The number of nitrogens with zero attached hydrogens (tertiary/aromatic N) is 1. The minimum absolute atomic E-state index is 0.0326. The molecule has 1 rings (SSSR count). The fraction of sp³-hybridized carbons (Fsp3) is 0.538. The first-order chi connectivity index (χ1) is 8.65. The molecule has 1 aromatic heterocycles. The van der Waals surface area contributed by atoms with Crippen LogP contribution in [0.4, 0.5) is 0 Å². The summed E-state index contributed by atoms with van der Waals surface area (Å²) in [6.07, 6.45) is 1.75. The molecule has 5 nitrogen and oxygen atoms in total. The third kappa shape index (κ3) is 4.81. The number of rotatable bonds is 7. The van der Waals surface area contributed by atoms with Crippen molar-refractivity contribution in [3.8, 4) is 0 Å². The van der Waals surface area contributed by atoms with Crippen molar-refractivity contribution >= 4 is 5.91 Å². The number of hydrogen-bond acceptors (Lipinski definition) is 4. The number of methoxy groups -OCH3 is 1. The zero-order chi connectivity index (χ0) is 13.4. The van der Waals surface area contributed by atoms with Crippen LogP contribution in [0.3, 0.4) is 0 Å². The van der Waals surface area contributed by atoms with Crippen molar-refractivity contribution in [3.63, 3.8) is 0 Å². The number of carbonyl (C=O) groups is 1. The molecule has 1 heterocycles. The number of pyridine rings is 1. The van der Waals surface area contributed by atoms with Crippen LogP contribution in [0, 0.1) is 0 Å². The highest BCUT2D eigenvalue weighted by Gasteiger charge is 2.16. The Morgan fingerprint density at radius 2 is 2.22 bits per heavy atom. The molecule has 0 saturated carbocycles. The van der Waals surface area contributed by atoms with Gasteiger partial charge in [0, 0.05) is 25.9 Å². The normalized spacial score (nSPS) is 13.9. The lowest BCUT2D eigenvalue weighted by molar-refractivity contribution is -0.123. The Balaban J connectivity index is 2.39. The average Bonchev–Trinajstić information content (AvgIpc) is 2.39. The van der Waals surface area contributed by atoms with E-state index in [1.165, 1.54) is 0 Å². The van der Waals surface area contributed by atoms with E-state index in [0.29, 0.717) is 13.2 Å². The van der Waals surface area contributed by atoms with Crippen molar-refractivity contribution < 1.29 is 9.53 Å². The second-order valence-corrected chi connectivity index (χ2v) is 4.15. The molecule has 0 fully saturated rings. The molecule has 1 aromatic rings. The lowest BCUT2D eigenvalue weighted by Gasteiger charge is -2.19. The summed E-state index contributed by atoms with van der Waals surface area (Å²) in [5, 5.41) is 6.00. The molecule has 0 bridgehead atoms. The van der Waals surface area contributed by atoms with Gasteiger partial charge < -0.3 is 10.1 Å².